The summed E-state index contributed by atoms with van der Waals surface area (Å²) in [6.45, 7) is 21.2. The van der Waals surface area contributed by atoms with E-state index in [0.29, 0.717) is 16.4 Å². The average molecular weight is 903 g/mol. The monoisotopic (exact) mass is 902 g/mol. The van der Waals surface area contributed by atoms with Gasteiger partial charge in [0.05, 0.1) is 46.1 Å². The van der Waals surface area contributed by atoms with E-state index in [9.17, 15) is 26.4 Å². The van der Waals surface area contributed by atoms with Crippen LogP contribution in [0.1, 0.15) is 141 Å². The van der Waals surface area contributed by atoms with E-state index in [-0.39, 0.29) is 56.2 Å². The largest absolute Gasteiger partial charge is 0.481 e. The van der Waals surface area contributed by atoms with Gasteiger partial charge in [-0.05, 0) is 136 Å². The number of carboxylic acid groups (broad SMARTS) is 1. The number of fused-ring (bicyclic) bond motifs is 2. The molecule has 63 heavy (non-hydrogen) atoms. The number of rotatable bonds is 11. The Hall–Kier alpha value is -4.81. The van der Waals surface area contributed by atoms with Crippen LogP contribution in [0, 0.1) is 0 Å². The normalized spacial score (nSPS) is 16.6. The molecule has 1 N–H and O–H groups in total. The Kier molecular flexibility index (Phi) is 16.1. The number of methoxy groups -OCH3 is 1. The molecule has 2 aliphatic carbocycles. The molecule has 2 aliphatic rings. The first-order valence-corrected chi connectivity index (χ1v) is 24.5. The van der Waals surface area contributed by atoms with Crippen molar-refractivity contribution in [3.8, 4) is 0 Å². The molecule has 0 radical (unpaired) electrons. The minimum atomic E-state index is -3.64. The lowest BCUT2D eigenvalue weighted by molar-refractivity contribution is -0.143. The first kappa shape index (κ1) is 50.8. The van der Waals surface area contributed by atoms with Crippen LogP contribution in [0.4, 0.5) is 0 Å². The van der Waals surface area contributed by atoms with Gasteiger partial charge in [0.2, 0.25) is 19.7 Å². The minimum absolute atomic E-state index is 0.0422. The summed E-state index contributed by atoms with van der Waals surface area (Å²) in [5.41, 5.74) is 6.15. The molecule has 0 unspecified atom stereocenters. The Bertz CT molecular complexity index is 2490. The number of esters is 2. The van der Waals surface area contributed by atoms with Crippen molar-refractivity contribution in [3.63, 3.8) is 0 Å². The molecule has 0 atom stereocenters. The van der Waals surface area contributed by atoms with E-state index in [1.54, 1.807) is 60.7 Å². The third kappa shape index (κ3) is 12.5. The average Bonchev–Trinajstić information content (AvgIpc) is 3.21. The van der Waals surface area contributed by atoms with Crippen LogP contribution in [0.2, 0.25) is 0 Å². The maximum atomic E-state index is 13.3. The third-order valence-electron chi connectivity index (χ3n) is 12.4. The molecule has 0 heterocycles. The molecule has 12 heteroatoms. The SMILES string of the molecule is CC(=O)O.CCCCOC(=O)Cc1ccc(S(=O)(=O)c2ccc3c(c2)C(C)(C)CCC3(C)C)cc1.COC(=O)Cc1ccc(S(=O)(=O)c2ccc3c(c2)C(C)(C)CCC3(C)C)cc1. The van der Waals surface area contributed by atoms with Crippen LogP contribution >= 0.6 is 0 Å². The van der Waals surface area contributed by atoms with Gasteiger partial charge in [0.25, 0.3) is 5.97 Å². The van der Waals surface area contributed by atoms with Crippen molar-refractivity contribution in [2.45, 2.75) is 162 Å². The highest BCUT2D eigenvalue weighted by Crippen LogP contribution is 2.48. The fourth-order valence-electron chi connectivity index (χ4n) is 8.10. The van der Waals surface area contributed by atoms with E-state index in [0.717, 1.165) is 67.7 Å². The standard InChI is InChI=1S/C26H34O4S.C23H28O4S.C2H4O2/c1-6-7-16-30-24(27)17-19-8-10-20(11-9-19)31(28,29)21-12-13-22-23(18-21)26(4,5)15-14-25(22,2)3;1-22(2)12-13-23(3,4)20-15-18(10-11-19(20)22)28(25,26)17-8-6-16(7-9-17)14-21(24)27-5;1-2(3)4/h8-13,18H,6-7,14-17H2,1-5H3;6-11,15H,12-14H2,1-5H3;1H3,(H,3,4). The number of carboxylic acids is 1. The van der Waals surface area contributed by atoms with Gasteiger partial charge < -0.3 is 14.6 Å². The molecule has 0 fully saturated rings. The number of hydrogen-bond acceptors (Lipinski definition) is 9. The molecule has 0 aliphatic heterocycles. The molecule has 6 rings (SSSR count). The summed E-state index contributed by atoms with van der Waals surface area (Å²) in [5.74, 6) is -1.47. The second-order valence-corrected chi connectivity index (χ2v) is 23.2. The van der Waals surface area contributed by atoms with Gasteiger partial charge in [0.1, 0.15) is 0 Å². The van der Waals surface area contributed by atoms with Gasteiger partial charge in [-0.3, -0.25) is 14.4 Å². The van der Waals surface area contributed by atoms with Crippen molar-refractivity contribution in [3.05, 3.63) is 118 Å². The summed E-state index contributed by atoms with van der Waals surface area (Å²) < 4.78 is 62.8. The van der Waals surface area contributed by atoms with Gasteiger partial charge in [-0.1, -0.05) is 105 Å². The summed E-state index contributed by atoms with van der Waals surface area (Å²) in [6.07, 6.45) is 6.31. The first-order chi connectivity index (χ1) is 29.2. The quantitative estimate of drug-likeness (QED) is 0.113. The summed E-state index contributed by atoms with van der Waals surface area (Å²) in [4.78, 5) is 33.4. The van der Waals surface area contributed by atoms with E-state index in [1.807, 2.05) is 31.2 Å². The number of hydrogen-bond donors (Lipinski definition) is 1. The van der Waals surface area contributed by atoms with Gasteiger partial charge in [-0.15, -0.1) is 0 Å². The van der Waals surface area contributed by atoms with Crippen molar-refractivity contribution in [2.24, 2.45) is 0 Å². The summed E-state index contributed by atoms with van der Waals surface area (Å²) in [5, 5.41) is 7.42. The Morgan fingerprint density at radius 3 is 1.19 bits per heavy atom. The van der Waals surface area contributed by atoms with Crippen molar-refractivity contribution in [1.82, 2.24) is 0 Å². The Morgan fingerprint density at radius 2 is 0.857 bits per heavy atom. The maximum absolute atomic E-state index is 13.3. The number of carbonyl (C=O) groups is 3. The van der Waals surface area contributed by atoms with Crippen LogP contribution in [0.25, 0.3) is 0 Å². The molecule has 0 spiro atoms. The molecule has 342 valence electrons. The number of aliphatic carboxylic acids is 1. The van der Waals surface area contributed by atoms with E-state index in [1.165, 1.54) is 18.2 Å². The second kappa shape index (κ2) is 19.9. The highest BCUT2D eigenvalue weighted by atomic mass is 32.2. The molecule has 4 aromatic carbocycles. The highest BCUT2D eigenvalue weighted by Gasteiger charge is 2.39. The van der Waals surface area contributed by atoms with E-state index < -0.39 is 25.6 Å². The van der Waals surface area contributed by atoms with Crippen molar-refractivity contribution < 1.29 is 45.8 Å². The molecule has 0 saturated carbocycles. The first-order valence-electron chi connectivity index (χ1n) is 21.6. The zero-order chi connectivity index (χ0) is 47.2. The topological polar surface area (TPSA) is 158 Å². The summed E-state index contributed by atoms with van der Waals surface area (Å²) >= 11 is 0. The molecule has 4 aromatic rings. The number of carbonyl (C=O) groups excluding carboxylic acids is 2. The van der Waals surface area contributed by atoms with Crippen LogP contribution in [0.5, 0.6) is 0 Å². The fourth-order valence-corrected chi connectivity index (χ4v) is 10.7. The van der Waals surface area contributed by atoms with Crippen molar-refractivity contribution in [2.75, 3.05) is 13.7 Å². The summed E-state index contributed by atoms with van der Waals surface area (Å²) in [6, 6.07) is 24.1. The fraction of sp³-hybridized carbons (Fsp3) is 0.471. The predicted octanol–water partition coefficient (Wildman–Crippen LogP) is 10.4. The lowest BCUT2D eigenvalue weighted by atomic mass is 9.63. The minimum Gasteiger partial charge on any atom is -0.481 e. The number of benzene rings is 4. The molecule has 0 saturated heterocycles. The zero-order valence-electron chi connectivity index (χ0n) is 38.9. The maximum Gasteiger partial charge on any atom is 0.310 e. The molecule has 0 aromatic heterocycles. The lowest BCUT2D eigenvalue weighted by Crippen LogP contribution is -2.34. The zero-order valence-corrected chi connectivity index (χ0v) is 40.5. The smallest absolute Gasteiger partial charge is 0.310 e. The van der Waals surface area contributed by atoms with Crippen LogP contribution in [-0.4, -0.2) is 53.6 Å². The molecular weight excluding hydrogens is 837 g/mol. The van der Waals surface area contributed by atoms with E-state index in [2.05, 4.69) is 60.1 Å². The van der Waals surface area contributed by atoms with Crippen molar-refractivity contribution >= 4 is 37.6 Å². The van der Waals surface area contributed by atoms with E-state index >= 15 is 0 Å². The van der Waals surface area contributed by atoms with Gasteiger partial charge >= 0.3 is 11.9 Å². The molecule has 0 bridgehead atoms. The highest BCUT2D eigenvalue weighted by molar-refractivity contribution is 7.91. The predicted molar refractivity (Wildman–Crippen MR) is 246 cm³/mol. The third-order valence-corrected chi connectivity index (χ3v) is 16.0. The molecule has 0 amide bonds. The number of unbranched alkanes of at least 4 members (excludes halogenated alkanes) is 1. The van der Waals surface area contributed by atoms with Gasteiger partial charge in [0, 0.05) is 6.92 Å². The number of sulfone groups is 2. The summed E-state index contributed by atoms with van der Waals surface area (Å²) in [7, 11) is -5.93. The van der Waals surface area contributed by atoms with Crippen LogP contribution in [-0.2, 0) is 78.0 Å². The van der Waals surface area contributed by atoms with Gasteiger partial charge in [0.15, 0.2) is 0 Å². The Balaban J connectivity index is 0.000000256. The second-order valence-electron chi connectivity index (χ2n) is 19.3. The lowest BCUT2D eigenvalue weighted by Gasteiger charge is -2.42. The van der Waals surface area contributed by atoms with Crippen LogP contribution in [0.15, 0.2) is 105 Å². The van der Waals surface area contributed by atoms with Crippen LogP contribution in [0.3, 0.4) is 0 Å². The number of ether oxygens (including phenoxy) is 2. The van der Waals surface area contributed by atoms with Crippen molar-refractivity contribution in [1.29, 1.82) is 0 Å². The van der Waals surface area contributed by atoms with Gasteiger partial charge in [-0.25, -0.2) is 16.8 Å². The van der Waals surface area contributed by atoms with E-state index in [4.69, 9.17) is 14.6 Å². The Labute approximate surface area is 375 Å². The molecule has 10 nitrogen and oxygen atoms in total. The molecular formula is C51H66O10S2. The van der Waals surface area contributed by atoms with Gasteiger partial charge in [-0.2, -0.15) is 0 Å². The van der Waals surface area contributed by atoms with Crippen LogP contribution < -0.4 is 0 Å². The Morgan fingerprint density at radius 1 is 0.540 bits per heavy atom.